The monoisotopic (exact) mass is 181 g/mol. The first-order chi connectivity index (χ1) is 5.41. The molecule has 1 nitrogen and oxygen atoms in total. The summed E-state index contributed by atoms with van der Waals surface area (Å²) in [4.78, 5) is 0. The maximum absolute atomic E-state index is 12.3. The van der Waals surface area contributed by atoms with Gasteiger partial charge in [-0.1, -0.05) is 0 Å². The molecule has 1 heterocycles. The molecule has 0 bridgehead atoms. The van der Waals surface area contributed by atoms with Gasteiger partial charge in [0.15, 0.2) is 0 Å². The highest BCUT2D eigenvalue weighted by Gasteiger charge is 2.44. The van der Waals surface area contributed by atoms with Crippen LogP contribution in [0.3, 0.4) is 0 Å². The van der Waals surface area contributed by atoms with E-state index in [1.807, 2.05) is 6.92 Å². The Bertz CT molecular complexity index is 155. The molecular weight excluding hydrogens is 167 g/mol. The number of hydrogen-bond acceptors (Lipinski definition) is 1. The average molecular weight is 181 g/mol. The number of alkyl halides is 3. The fourth-order valence-electron chi connectivity index (χ4n) is 1.77. The van der Waals surface area contributed by atoms with Crippen LogP contribution in [0.2, 0.25) is 0 Å². The molecule has 0 aromatic heterocycles. The molecule has 3 unspecified atom stereocenters. The minimum atomic E-state index is -4.04. The Morgan fingerprint density at radius 1 is 1.17 bits per heavy atom. The van der Waals surface area contributed by atoms with Crippen molar-refractivity contribution in [2.24, 2.45) is 5.92 Å². The standard InChI is InChI=1S/C8H14F3N/c1-5-3-4-7(6(2)12-5)8(9,10)11/h5-7,12H,3-4H2,1-2H3. The van der Waals surface area contributed by atoms with Gasteiger partial charge >= 0.3 is 6.18 Å². The van der Waals surface area contributed by atoms with Crippen molar-refractivity contribution in [2.45, 2.75) is 44.9 Å². The van der Waals surface area contributed by atoms with E-state index in [2.05, 4.69) is 5.32 Å². The molecule has 0 saturated carbocycles. The first-order valence-corrected chi connectivity index (χ1v) is 4.24. The average Bonchev–Trinajstić information content (AvgIpc) is 1.83. The zero-order chi connectivity index (χ0) is 9.35. The zero-order valence-electron chi connectivity index (χ0n) is 7.28. The third kappa shape index (κ3) is 2.12. The third-order valence-corrected chi connectivity index (χ3v) is 2.48. The predicted molar refractivity (Wildman–Crippen MR) is 40.8 cm³/mol. The highest BCUT2D eigenvalue weighted by atomic mass is 19.4. The van der Waals surface area contributed by atoms with Gasteiger partial charge in [0.25, 0.3) is 0 Å². The lowest BCUT2D eigenvalue weighted by molar-refractivity contribution is -0.188. The van der Waals surface area contributed by atoms with Gasteiger partial charge in [-0.2, -0.15) is 13.2 Å². The molecule has 3 atom stereocenters. The normalized spacial score (nSPS) is 38.2. The van der Waals surface area contributed by atoms with Crippen molar-refractivity contribution in [3.63, 3.8) is 0 Å². The maximum Gasteiger partial charge on any atom is 0.393 e. The molecule has 0 spiro atoms. The summed E-state index contributed by atoms with van der Waals surface area (Å²) in [5, 5.41) is 2.92. The van der Waals surface area contributed by atoms with Crippen molar-refractivity contribution < 1.29 is 13.2 Å². The van der Waals surface area contributed by atoms with Crippen LogP contribution >= 0.6 is 0 Å². The lowest BCUT2D eigenvalue weighted by Crippen LogP contribution is -2.49. The number of nitrogens with one attached hydrogen (secondary N) is 1. The molecular formula is C8H14F3N. The van der Waals surface area contributed by atoms with Crippen LogP contribution in [-0.4, -0.2) is 18.3 Å². The van der Waals surface area contributed by atoms with Crippen LogP contribution in [0.25, 0.3) is 0 Å². The highest BCUT2D eigenvalue weighted by molar-refractivity contribution is 4.85. The van der Waals surface area contributed by atoms with Gasteiger partial charge in [-0.15, -0.1) is 0 Å². The Morgan fingerprint density at radius 2 is 1.75 bits per heavy atom. The zero-order valence-corrected chi connectivity index (χ0v) is 7.28. The van der Waals surface area contributed by atoms with E-state index in [1.54, 1.807) is 6.92 Å². The van der Waals surface area contributed by atoms with Gasteiger partial charge in [0.05, 0.1) is 5.92 Å². The van der Waals surface area contributed by atoms with Crippen LogP contribution in [0.4, 0.5) is 13.2 Å². The first kappa shape index (κ1) is 9.84. The molecule has 1 saturated heterocycles. The van der Waals surface area contributed by atoms with Crippen LogP contribution in [-0.2, 0) is 0 Å². The summed E-state index contributed by atoms with van der Waals surface area (Å²) in [5.41, 5.74) is 0. The largest absolute Gasteiger partial charge is 0.393 e. The summed E-state index contributed by atoms with van der Waals surface area (Å²) in [7, 11) is 0. The van der Waals surface area contributed by atoms with Gasteiger partial charge in [0.1, 0.15) is 0 Å². The van der Waals surface area contributed by atoms with E-state index in [0.29, 0.717) is 6.42 Å². The smallest absolute Gasteiger partial charge is 0.311 e. The number of halogens is 3. The summed E-state index contributed by atoms with van der Waals surface area (Å²) in [6.07, 6.45) is -3.15. The van der Waals surface area contributed by atoms with Gasteiger partial charge in [-0.05, 0) is 26.7 Å². The van der Waals surface area contributed by atoms with Crippen molar-refractivity contribution in [3.05, 3.63) is 0 Å². The maximum atomic E-state index is 12.3. The molecule has 12 heavy (non-hydrogen) atoms. The highest BCUT2D eigenvalue weighted by Crippen LogP contribution is 2.35. The molecule has 0 aromatic rings. The third-order valence-electron chi connectivity index (χ3n) is 2.48. The quantitative estimate of drug-likeness (QED) is 0.604. The summed E-state index contributed by atoms with van der Waals surface area (Å²) < 4.78 is 36.8. The van der Waals surface area contributed by atoms with E-state index in [4.69, 9.17) is 0 Å². The van der Waals surface area contributed by atoms with Gasteiger partial charge in [0, 0.05) is 12.1 Å². The summed E-state index contributed by atoms with van der Waals surface area (Å²) in [6, 6.07) is -0.215. The Hall–Kier alpha value is -0.250. The Balaban J connectivity index is 2.57. The molecule has 1 N–H and O–H groups in total. The van der Waals surface area contributed by atoms with Crippen molar-refractivity contribution in [1.29, 1.82) is 0 Å². The minimum Gasteiger partial charge on any atom is -0.311 e. The summed E-state index contributed by atoms with van der Waals surface area (Å²) in [6.45, 7) is 3.52. The molecule has 4 heteroatoms. The van der Waals surface area contributed by atoms with Gasteiger partial charge in [0.2, 0.25) is 0 Å². The van der Waals surface area contributed by atoms with Crippen LogP contribution in [0.1, 0.15) is 26.7 Å². The molecule has 1 aliphatic heterocycles. The van der Waals surface area contributed by atoms with E-state index in [-0.39, 0.29) is 12.5 Å². The summed E-state index contributed by atoms with van der Waals surface area (Å²) >= 11 is 0. The SMILES string of the molecule is CC1CCC(C(F)(F)F)C(C)N1. The van der Waals surface area contributed by atoms with Crippen LogP contribution in [0, 0.1) is 5.92 Å². The minimum absolute atomic E-state index is 0.221. The second kappa shape index (κ2) is 3.24. The molecule has 0 radical (unpaired) electrons. The van der Waals surface area contributed by atoms with Gasteiger partial charge < -0.3 is 5.32 Å². The molecule has 1 fully saturated rings. The van der Waals surface area contributed by atoms with Crippen LogP contribution in [0.5, 0.6) is 0 Å². The van der Waals surface area contributed by atoms with E-state index >= 15 is 0 Å². The second-order valence-electron chi connectivity index (χ2n) is 3.58. The van der Waals surface area contributed by atoms with E-state index in [9.17, 15) is 13.2 Å². The topological polar surface area (TPSA) is 12.0 Å². The second-order valence-corrected chi connectivity index (χ2v) is 3.58. The van der Waals surface area contributed by atoms with E-state index < -0.39 is 18.1 Å². The fourth-order valence-corrected chi connectivity index (χ4v) is 1.77. The van der Waals surface area contributed by atoms with Gasteiger partial charge in [-0.25, -0.2) is 0 Å². The van der Waals surface area contributed by atoms with Crippen molar-refractivity contribution in [2.75, 3.05) is 0 Å². The Kier molecular flexibility index (Phi) is 2.66. The molecule has 0 amide bonds. The number of hydrogen-bond donors (Lipinski definition) is 1. The Morgan fingerprint density at radius 3 is 2.17 bits per heavy atom. The fraction of sp³-hybridized carbons (Fsp3) is 1.00. The van der Waals surface area contributed by atoms with Crippen molar-refractivity contribution in [3.8, 4) is 0 Å². The molecule has 1 rings (SSSR count). The summed E-state index contributed by atoms with van der Waals surface area (Å²) in [5.74, 6) is -1.16. The molecule has 1 aliphatic rings. The first-order valence-electron chi connectivity index (χ1n) is 4.24. The molecule has 0 aromatic carbocycles. The lowest BCUT2D eigenvalue weighted by atomic mass is 9.88. The number of rotatable bonds is 0. The number of piperidine rings is 1. The molecule has 0 aliphatic carbocycles. The van der Waals surface area contributed by atoms with E-state index in [1.165, 1.54) is 0 Å². The predicted octanol–water partition coefficient (Wildman–Crippen LogP) is 2.33. The van der Waals surface area contributed by atoms with Crippen LogP contribution in [0.15, 0.2) is 0 Å². The lowest BCUT2D eigenvalue weighted by Gasteiger charge is -2.35. The molecule has 72 valence electrons. The van der Waals surface area contributed by atoms with Crippen LogP contribution < -0.4 is 5.32 Å². The van der Waals surface area contributed by atoms with Gasteiger partial charge in [-0.3, -0.25) is 0 Å². The van der Waals surface area contributed by atoms with Crippen molar-refractivity contribution in [1.82, 2.24) is 5.32 Å². The Labute approximate surface area is 70.3 Å². The van der Waals surface area contributed by atoms with E-state index in [0.717, 1.165) is 0 Å². The van der Waals surface area contributed by atoms with Crippen molar-refractivity contribution >= 4 is 0 Å².